The number of nitrogens with zero attached hydrogens (tertiary/aromatic N) is 3. The quantitative estimate of drug-likeness (QED) is 0.805. The monoisotopic (exact) mass is 237 g/mol. The van der Waals surface area contributed by atoms with Crippen LogP contribution in [0.2, 0.25) is 0 Å². The van der Waals surface area contributed by atoms with Crippen molar-refractivity contribution in [3.63, 3.8) is 0 Å². The van der Waals surface area contributed by atoms with Gasteiger partial charge in [0.2, 0.25) is 11.8 Å². The van der Waals surface area contributed by atoms with Crippen LogP contribution >= 0.6 is 0 Å². The summed E-state index contributed by atoms with van der Waals surface area (Å²) in [6.45, 7) is 5.48. The minimum atomic E-state index is 0.271. The van der Waals surface area contributed by atoms with Crippen molar-refractivity contribution in [3.05, 3.63) is 11.7 Å². The number of hydrogen-bond donors (Lipinski definition) is 0. The molecule has 2 heterocycles. The Morgan fingerprint density at radius 2 is 2.18 bits per heavy atom. The Bertz CT molecular complexity index is 381. The SMILES string of the molecule is CCCC(=O)N1CCC(c2nc(C)no2)CC1. The molecule has 94 valence electrons. The number of hydrogen-bond acceptors (Lipinski definition) is 4. The fourth-order valence-corrected chi connectivity index (χ4v) is 2.23. The van der Waals surface area contributed by atoms with Crippen LogP contribution < -0.4 is 0 Å². The van der Waals surface area contributed by atoms with Crippen molar-refractivity contribution in [3.8, 4) is 0 Å². The van der Waals surface area contributed by atoms with E-state index in [0.717, 1.165) is 38.2 Å². The largest absolute Gasteiger partial charge is 0.343 e. The van der Waals surface area contributed by atoms with E-state index in [9.17, 15) is 4.79 Å². The highest BCUT2D eigenvalue weighted by Gasteiger charge is 2.26. The van der Waals surface area contributed by atoms with Gasteiger partial charge in [0.15, 0.2) is 5.82 Å². The lowest BCUT2D eigenvalue weighted by Crippen LogP contribution is -2.37. The normalized spacial score (nSPS) is 17.4. The van der Waals surface area contributed by atoms with Crippen LogP contribution in [-0.4, -0.2) is 34.0 Å². The summed E-state index contributed by atoms with van der Waals surface area (Å²) in [5.74, 6) is 2.00. The minimum Gasteiger partial charge on any atom is -0.343 e. The molecule has 0 radical (unpaired) electrons. The predicted octanol–water partition coefficient (Wildman–Crippen LogP) is 1.88. The van der Waals surface area contributed by atoms with E-state index in [2.05, 4.69) is 10.1 Å². The molecule has 1 saturated heterocycles. The van der Waals surface area contributed by atoms with Crippen molar-refractivity contribution < 1.29 is 9.32 Å². The summed E-state index contributed by atoms with van der Waals surface area (Å²) in [4.78, 5) is 17.9. The number of carbonyl (C=O) groups is 1. The van der Waals surface area contributed by atoms with E-state index < -0.39 is 0 Å². The number of carbonyl (C=O) groups excluding carboxylic acids is 1. The molecule has 1 aliphatic heterocycles. The van der Waals surface area contributed by atoms with Gasteiger partial charge in [0.25, 0.3) is 0 Å². The standard InChI is InChI=1S/C12H19N3O2/c1-3-4-11(16)15-7-5-10(6-8-15)12-13-9(2)14-17-12/h10H,3-8H2,1-2H3. The summed E-state index contributed by atoms with van der Waals surface area (Å²) in [5.41, 5.74) is 0. The van der Waals surface area contributed by atoms with Gasteiger partial charge in [-0.25, -0.2) is 0 Å². The van der Waals surface area contributed by atoms with Crippen molar-refractivity contribution in [2.24, 2.45) is 0 Å². The zero-order chi connectivity index (χ0) is 12.3. The Kier molecular flexibility index (Phi) is 3.76. The van der Waals surface area contributed by atoms with Gasteiger partial charge >= 0.3 is 0 Å². The second-order valence-corrected chi connectivity index (χ2v) is 4.58. The molecule has 5 heteroatoms. The summed E-state index contributed by atoms with van der Waals surface area (Å²) < 4.78 is 5.18. The number of aryl methyl sites for hydroxylation is 1. The molecule has 1 aromatic rings. The number of likely N-dealkylation sites (tertiary alicyclic amines) is 1. The number of amides is 1. The number of aromatic nitrogens is 2. The van der Waals surface area contributed by atoms with Gasteiger partial charge in [0, 0.05) is 25.4 Å². The lowest BCUT2D eigenvalue weighted by atomic mass is 9.96. The van der Waals surface area contributed by atoms with Crippen LogP contribution in [0.15, 0.2) is 4.52 Å². The highest BCUT2D eigenvalue weighted by molar-refractivity contribution is 5.76. The van der Waals surface area contributed by atoms with Gasteiger partial charge in [-0.1, -0.05) is 12.1 Å². The molecule has 2 rings (SSSR count). The van der Waals surface area contributed by atoms with Gasteiger partial charge in [-0.3, -0.25) is 4.79 Å². The third kappa shape index (κ3) is 2.84. The summed E-state index contributed by atoms with van der Waals surface area (Å²) in [7, 11) is 0. The van der Waals surface area contributed by atoms with Crippen LogP contribution in [0.3, 0.4) is 0 Å². The molecule has 0 bridgehead atoms. The number of rotatable bonds is 3. The first-order chi connectivity index (χ1) is 8.20. The van der Waals surface area contributed by atoms with Crippen molar-refractivity contribution in [1.82, 2.24) is 15.0 Å². The maximum atomic E-state index is 11.7. The molecule has 0 aliphatic carbocycles. The van der Waals surface area contributed by atoms with Crippen LogP contribution in [0.1, 0.15) is 50.2 Å². The molecule has 0 saturated carbocycles. The van der Waals surface area contributed by atoms with Gasteiger partial charge in [-0.05, 0) is 26.2 Å². The van der Waals surface area contributed by atoms with Gasteiger partial charge in [-0.15, -0.1) is 0 Å². The van der Waals surface area contributed by atoms with Crippen molar-refractivity contribution in [2.75, 3.05) is 13.1 Å². The lowest BCUT2D eigenvalue weighted by molar-refractivity contribution is -0.132. The van der Waals surface area contributed by atoms with Crippen molar-refractivity contribution in [2.45, 2.75) is 45.4 Å². The second-order valence-electron chi connectivity index (χ2n) is 4.58. The van der Waals surface area contributed by atoms with Gasteiger partial charge < -0.3 is 9.42 Å². The summed E-state index contributed by atoms with van der Waals surface area (Å²) in [6, 6.07) is 0. The fourth-order valence-electron chi connectivity index (χ4n) is 2.23. The summed E-state index contributed by atoms with van der Waals surface area (Å²) in [6.07, 6.45) is 3.43. The Balaban J connectivity index is 1.88. The second kappa shape index (κ2) is 5.29. The molecule has 1 fully saturated rings. The smallest absolute Gasteiger partial charge is 0.229 e. The van der Waals surface area contributed by atoms with E-state index >= 15 is 0 Å². The first kappa shape index (κ1) is 12.1. The Morgan fingerprint density at radius 3 is 2.71 bits per heavy atom. The van der Waals surface area contributed by atoms with E-state index in [1.54, 1.807) is 0 Å². The van der Waals surface area contributed by atoms with Gasteiger partial charge in [0.05, 0.1) is 0 Å². The summed E-state index contributed by atoms with van der Waals surface area (Å²) >= 11 is 0. The number of piperidine rings is 1. The van der Waals surface area contributed by atoms with Crippen LogP contribution in [0, 0.1) is 6.92 Å². The zero-order valence-electron chi connectivity index (χ0n) is 10.5. The van der Waals surface area contributed by atoms with E-state index in [-0.39, 0.29) is 5.91 Å². The molecule has 0 aromatic carbocycles. The molecular weight excluding hydrogens is 218 g/mol. The third-order valence-corrected chi connectivity index (χ3v) is 3.20. The maximum absolute atomic E-state index is 11.7. The first-order valence-electron chi connectivity index (χ1n) is 6.28. The van der Waals surface area contributed by atoms with Crippen LogP contribution in [0.5, 0.6) is 0 Å². The van der Waals surface area contributed by atoms with E-state index in [0.29, 0.717) is 18.2 Å². The van der Waals surface area contributed by atoms with E-state index in [1.807, 2.05) is 18.7 Å². The van der Waals surface area contributed by atoms with Gasteiger partial charge in [-0.2, -0.15) is 4.98 Å². The predicted molar refractivity (Wildman–Crippen MR) is 62.5 cm³/mol. The van der Waals surface area contributed by atoms with Crippen molar-refractivity contribution >= 4 is 5.91 Å². The summed E-state index contributed by atoms with van der Waals surface area (Å²) in [5, 5.41) is 3.81. The molecule has 5 nitrogen and oxygen atoms in total. The average molecular weight is 237 g/mol. The first-order valence-corrected chi connectivity index (χ1v) is 6.28. The minimum absolute atomic E-state index is 0.271. The highest BCUT2D eigenvalue weighted by atomic mass is 16.5. The molecule has 1 aliphatic rings. The molecule has 1 amide bonds. The molecule has 0 N–H and O–H groups in total. The van der Waals surface area contributed by atoms with Crippen LogP contribution in [-0.2, 0) is 4.79 Å². The third-order valence-electron chi connectivity index (χ3n) is 3.20. The zero-order valence-corrected chi connectivity index (χ0v) is 10.5. The molecular formula is C12H19N3O2. The molecule has 0 atom stereocenters. The molecule has 0 spiro atoms. The van der Waals surface area contributed by atoms with Crippen molar-refractivity contribution in [1.29, 1.82) is 0 Å². The fraction of sp³-hybridized carbons (Fsp3) is 0.750. The maximum Gasteiger partial charge on any atom is 0.229 e. The Labute approximate surface area is 101 Å². The molecule has 0 unspecified atom stereocenters. The molecule has 17 heavy (non-hydrogen) atoms. The lowest BCUT2D eigenvalue weighted by Gasteiger charge is -2.30. The van der Waals surface area contributed by atoms with Crippen LogP contribution in [0.25, 0.3) is 0 Å². The Morgan fingerprint density at radius 1 is 1.47 bits per heavy atom. The van der Waals surface area contributed by atoms with E-state index in [4.69, 9.17) is 4.52 Å². The van der Waals surface area contributed by atoms with Crippen LogP contribution in [0.4, 0.5) is 0 Å². The van der Waals surface area contributed by atoms with E-state index in [1.165, 1.54) is 0 Å². The topological polar surface area (TPSA) is 59.2 Å². The van der Waals surface area contributed by atoms with Gasteiger partial charge in [0.1, 0.15) is 0 Å². The Hall–Kier alpha value is -1.39. The highest BCUT2D eigenvalue weighted by Crippen LogP contribution is 2.26. The molecule has 1 aromatic heterocycles. The average Bonchev–Trinajstić information content (AvgIpc) is 2.76.